The summed E-state index contributed by atoms with van der Waals surface area (Å²) in [6.45, 7) is 18.0. The second kappa shape index (κ2) is 14.2. The first-order valence-corrected chi connectivity index (χ1v) is 13.2. The highest BCUT2D eigenvalue weighted by atomic mass is 32.1. The van der Waals surface area contributed by atoms with E-state index in [0.29, 0.717) is 0 Å². The average Bonchev–Trinajstić information content (AvgIpc) is 2.85. The molecule has 1 aromatic rings. The Morgan fingerprint density at radius 3 is 1.97 bits per heavy atom. The maximum absolute atomic E-state index is 5.93. The lowest BCUT2D eigenvalue weighted by Crippen LogP contribution is -2.51. The van der Waals surface area contributed by atoms with E-state index in [1.54, 1.807) is 0 Å². The topological polar surface area (TPSA) is 37.9 Å². The molecule has 0 amide bonds. The first-order valence-electron chi connectivity index (χ1n) is 12.8. The van der Waals surface area contributed by atoms with Crippen LogP contribution in [0.2, 0.25) is 0 Å². The molecule has 1 aromatic heterocycles. The molecule has 7 heteroatoms. The van der Waals surface area contributed by atoms with Gasteiger partial charge in [0, 0.05) is 65.1 Å². The summed E-state index contributed by atoms with van der Waals surface area (Å²) in [4.78, 5) is 15.9. The van der Waals surface area contributed by atoms with E-state index < -0.39 is 0 Å². The molecule has 6 nitrogen and oxygen atoms in total. The number of rotatable bonds is 12. The summed E-state index contributed by atoms with van der Waals surface area (Å²) in [7, 11) is 0. The molecule has 0 spiro atoms. The Hall–Kier alpha value is -1.12. The molecule has 1 unspecified atom stereocenters. The molecular formula is C25H44N6S. The lowest BCUT2D eigenvalue weighted by molar-refractivity contribution is 0.126. The molecule has 0 bridgehead atoms. The lowest BCUT2D eigenvalue weighted by atomic mass is 10.0. The van der Waals surface area contributed by atoms with Gasteiger partial charge in [0.25, 0.3) is 0 Å². The molecule has 2 fully saturated rings. The van der Waals surface area contributed by atoms with E-state index in [4.69, 9.17) is 12.2 Å². The van der Waals surface area contributed by atoms with Crippen LogP contribution in [-0.4, -0.2) is 108 Å². The van der Waals surface area contributed by atoms with Crippen molar-refractivity contribution in [3.63, 3.8) is 0 Å². The van der Waals surface area contributed by atoms with Gasteiger partial charge >= 0.3 is 0 Å². The van der Waals surface area contributed by atoms with Gasteiger partial charge in [-0.3, -0.25) is 14.8 Å². The first-order chi connectivity index (χ1) is 15.7. The Morgan fingerprint density at radius 1 is 0.875 bits per heavy atom. The highest BCUT2D eigenvalue weighted by molar-refractivity contribution is 7.80. The predicted molar refractivity (Wildman–Crippen MR) is 138 cm³/mol. The second-order valence-electron chi connectivity index (χ2n) is 9.32. The van der Waals surface area contributed by atoms with Crippen molar-refractivity contribution in [2.45, 2.75) is 45.4 Å². The number of hydrogen-bond donors (Lipinski definition) is 1. The third-order valence-electron chi connectivity index (χ3n) is 6.86. The summed E-state index contributed by atoms with van der Waals surface area (Å²) >= 11 is 5.93. The van der Waals surface area contributed by atoms with Crippen LogP contribution in [0.5, 0.6) is 0 Å². The van der Waals surface area contributed by atoms with Gasteiger partial charge in [-0.2, -0.15) is 0 Å². The Morgan fingerprint density at radius 2 is 1.44 bits per heavy atom. The molecule has 0 aliphatic carbocycles. The molecule has 0 saturated carbocycles. The van der Waals surface area contributed by atoms with E-state index in [1.807, 2.05) is 12.3 Å². The summed E-state index contributed by atoms with van der Waals surface area (Å²) in [5, 5.41) is 3.60. The summed E-state index contributed by atoms with van der Waals surface area (Å²) in [6.07, 6.45) is 7.05. The molecule has 2 aliphatic heterocycles. The van der Waals surface area contributed by atoms with Crippen LogP contribution >= 0.6 is 12.2 Å². The van der Waals surface area contributed by atoms with Gasteiger partial charge in [-0.15, -0.1) is 0 Å². The van der Waals surface area contributed by atoms with Crippen molar-refractivity contribution in [3.8, 4) is 0 Å². The highest BCUT2D eigenvalue weighted by Gasteiger charge is 2.25. The SMILES string of the molecule is CCCCN1CCN(CNC(=S)C(CN2CCN(CCCC)CC2)c2ccccn2)CC1. The number of piperazine rings is 2. The summed E-state index contributed by atoms with van der Waals surface area (Å²) in [6, 6.07) is 6.19. The fourth-order valence-corrected chi connectivity index (χ4v) is 4.85. The number of nitrogens with zero attached hydrogens (tertiary/aromatic N) is 5. The molecule has 2 saturated heterocycles. The number of nitrogens with one attached hydrogen (secondary N) is 1. The third-order valence-corrected chi connectivity index (χ3v) is 7.29. The number of thiocarbonyl (C=S) groups is 1. The Balaban J connectivity index is 1.48. The van der Waals surface area contributed by atoms with Crippen LogP contribution in [0.25, 0.3) is 0 Å². The van der Waals surface area contributed by atoms with Crippen molar-refractivity contribution in [1.29, 1.82) is 0 Å². The number of unbranched alkanes of at least 4 members (excludes halogenated alkanes) is 2. The molecule has 180 valence electrons. The maximum atomic E-state index is 5.93. The van der Waals surface area contributed by atoms with E-state index in [2.05, 4.69) is 55.9 Å². The predicted octanol–water partition coefficient (Wildman–Crippen LogP) is 2.88. The molecule has 0 radical (unpaired) electrons. The lowest BCUT2D eigenvalue weighted by Gasteiger charge is -2.37. The van der Waals surface area contributed by atoms with Crippen LogP contribution in [-0.2, 0) is 0 Å². The average molecular weight is 461 g/mol. The Labute approximate surface area is 201 Å². The molecule has 3 rings (SSSR count). The molecule has 32 heavy (non-hydrogen) atoms. The minimum absolute atomic E-state index is 0.152. The highest BCUT2D eigenvalue weighted by Crippen LogP contribution is 2.18. The Kier molecular flexibility index (Phi) is 11.3. The van der Waals surface area contributed by atoms with Crippen molar-refractivity contribution in [2.75, 3.05) is 78.7 Å². The summed E-state index contributed by atoms with van der Waals surface area (Å²) in [5.74, 6) is 0.152. The van der Waals surface area contributed by atoms with Crippen LogP contribution in [0.3, 0.4) is 0 Å². The molecule has 1 atom stereocenters. The van der Waals surface area contributed by atoms with Crippen LogP contribution in [0, 0.1) is 0 Å². The smallest absolute Gasteiger partial charge is 0.0868 e. The monoisotopic (exact) mass is 460 g/mol. The van der Waals surface area contributed by atoms with E-state index in [9.17, 15) is 0 Å². The molecule has 2 aliphatic rings. The van der Waals surface area contributed by atoms with Gasteiger partial charge in [0.2, 0.25) is 0 Å². The normalized spacial score (nSPS) is 20.3. The fourth-order valence-electron chi connectivity index (χ4n) is 4.59. The van der Waals surface area contributed by atoms with E-state index in [0.717, 1.165) is 63.2 Å². The first kappa shape index (κ1) is 25.5. The Bertz CT molecular complexity index is 641. The molecular weight excluding hydrogens is 416 g/mol. The van der Waals surface area contributed by atoms with Crippen molar-refractivity contribution in [2.24, 2.45) is 0 Å². The zero-order chi connectivity index (χ0) is 22.6. The fraction of sp³-hybridized carbons (Fsp3) is 0.760. The standard InChI is InChI=1S/C25H44N6S/c1-3-5-11-28-13-17-30(18-14-28)21-23(24-9-7-8-10-26-24)25(32)27-22-31-19-15-29(16-20-31)12-6-4-2/h7-10,23H,3-6,11-22H2,1-2H3,(H,27,32). The van der Waals surface area contributed by atoms with Crippen molar-refractivity contribution >= 4 is 17.2 Å². The number of hydrogen-bond acceptors (Lipinski definition) is 6. The summed E-state index contributed by atoms with van der Waals surface area (Å²) < 4.78 is 0. The van der Waals surface area contributed by atoms with Gasteiger partial charge in [-0.25, -0.2) is 0 Å². The van der Waals surface area contributed by atoms with Crippen LogP contribution < -0.4 is 5.32 Å². The van der Waals surface area contributed by atoms with E-state index in [1.165, 1.54) is 51.9 Å². The van der Waals surface area contributed by atoms with Gasteiger partial charge in [0.05, 0.1) is 23.3 Å². The molecule has 0 aromatic carbocycles. The van der Waals surface area contributed by atoms with Crippen LogP contribution in [0.1, 0.15) is 51.1 Å². The third kappa shape index (κ3) is 8.34. The van der Waals surface area contributed by atoms with Gasteiger partial charge in [0.1, 0.15) is 0 Å². The van der Waals surface area contributed by atoms with Gasteiger partial charge in [-0.05, 0) is 38.1 Å². The van der Waals surface area contributed by atoms with Crippen LogP contribution in [0.15, 0.2) is 24.4 Å². The van der Waals surface area contributed by atoms with Gasteiger partial charge < -0.3 is 15.1 Å². The quantitative estimate of drug-likeness (QED) is 0.481. The minimum Gasteiger partial charge on any atom is -0.366 e. The molecule has 3 heterocycles. The zero-order valence-electron chi connectivity index (χ0n) is 20.3. The second-order valence-corrected chi connectivity index (χ2v) is 9.76. The molecule has 1 N–H and O–H groups in total. The zero-order valence-corrected chi connectivity index (χ0v) is 21.2. The van der Waals surface area contributed by atoms with Crippen LogP contribution in [0.4, 0.5) is 0 Å². The van der Waals surface area contributed by atoms with Crippen molar-refractivity contribution in [1.82, 2.24) is 29.9 Å². The summed E-state index contributed by atoms with van der Waals surface area (Å²) in [5.41, 5.74) is 1.09. The number of aromatic nitrogens is 1. The maximum Gasteiger partial charge on any atom is 0.0868 e. The van der Waals surface area contributed by atoms with Gasteiger partial charge in [-0.1, -0.05) is 45.0 Å². The largest absolute Gasteiger partial charge is 0.366 e. The number of pyridine rings is 1. The van der Waals surface area contributed by atoms with Gasteiger partial charge in [0.15, 0.2) is 0 Å². The van der Waals surface area contributed by atoms with Crippen molar-refractivity contribution < 1.29 is 0 Å². The van der Waals surface area contributed by atoms with E-state index in [-0.39, 0.29) is 5.92 Å². The van der Waals surface area contributed by atoms with E-state index >= 15 is 0 Å². The van der Waals surface area contributed by atoms with Crippen molar-refractivity contribution in [3.05, 3.63) is 30.1 Å². The minimum atomic E-state index is 0.152.